The lowest BCUT2D eigenvalue weighted by molar-refractivity contribution is 0.414. The standard InChI is InChI=1S/C25H20N4O4S/c1-17-10-12-29(16-17)34(30,31)22-6-3-18(4-7-22)19-13-23-25(27-15-19)28-24(33-23)8-5-20-14-21(32-2)9-11-26-20/h3-16H,1-2H3/b8-5+. The molecule has 0 aliphatic carbocycles. The van der Waals surface area contributed by atoms with E-state index < -0.39 is 10.0 Å². The third kappa shape index (κ3) is 4.20. The van der Waals surface area contributed by atoms with Gasteiger partial charge in [0.25, 0.3) is 10.0 Å². The highest BCUT2D eigenvalue weighted by molar-refractivity contribution is 7.90. The first-order valence-electron chi connectivity index (χ1n) is 10.4. The van der Waals surface area contributed by atoms with E-state index in [2.05, 4.69) is 15.0 Å². The third-order valence-electron chi connectivity index (χ3n) is 5.23. The molecule has 34 heavy (non-hydrogen) atoms. The van der Waals surface area contributed by atoms with Crippen LogP contribution in [0.3, 0.4) is 0 Å². The predicted molar refractivity (Wildman–Crippen MR) is 129 cm³/mol. The maximum atomic E-state index is 12.8. The van der Waals surface area contributed by atoms with Crippen molar-refractivity contribution in [3.8, 4) is 16.9 Å². The minimum atomic E-state index is -3.63. The number of oxazole rings is 1. The number of fused-ring (bicyclic) bond motifs is 1. The molecule has 0 saturated carbocycles. The Morgan fingerprint density at radius 2 is 1.82 bits per heavy atom. The Morgan fingerprint density at radius 3 is 2.56 bits per heavy atom. The van der Waals surface area contributed by atoms with E-state index in [1.807, 2.05) is 13.0 Å². The van der Waals surface area contributed by atoms with E-state index in [-0.39, 0.29) is 4.90 Å². The molecule has 170 valence electrons. The summed E-state index contributed by atoms with van der Waals surface area (Å²) in [6.07, 6.45) is 9.96. The number of pyridine rings is 2. The van der Waals surface area contributed by atoms with Crippen molar-refractivity contribution in [2.45, 2.75) is 11.8 Å². The normalized spacial score (nSPS) is 11.9. The molecule has 8 nitrogen and oxygen atoms in total. The average molecular weight is 473 g/mol. The van der Waals surface area contributed by atoms with Gasteiger partial charge in [-0.3, -0.25) is 4.98 Å². The van der Waals surface area contributed by atoms with Crippen molar-refractivity contribution < 1.29 is 17.6 Å². The molecule has 0 atom stereocenters. The molecule has 0 saturated heterocycles. The first-order chi connectivity index (χ1) is 16.4. The second-order valence-electron chi connectivity index (χ2n) is 7.60. The number of benzene rings is 1. The number of methoxy groups -OCH3 is 1. The lowest BCUT2D eigenvalue weighted by Gasteiger charge is -2.07. The van der Waals surface area contributed by atoms with Crippen LogP contribution in [-0.2, 0) is 10.0 Å². The first kappa shape index (κ1) is 21.6. The summed E-state index contributed by atoms with van der Waals surface area (Å²) in [5, 5.41) is 0. The van der Waals surface area contributed by atoms with Crippen LogP contribution >= 0.6 is 0 Å². The van der Waals surface area contributed by atoms with E-state index in [1.165, 1.54) is 10.2 Å². The van der Waals surface area contributed by atoms with Crippen LogP contribution in [0.5, 0.6) is 5.75 Å². The molecule has 4 heterocycles. The number of rotatable bonds is 6. The molecular weight excluding hydrogens is 452 g/mol. The number of hydrogen-bond acceptors (Lipinski definition) is 7. The molecule has 4 aromatic heterocycles. The summed E-state index contributed by atoms with van der Waals surface area (Å²) in [5.41, 5.74) is 4.18. The fraction of sp³-hybridized carbons (Fsp3) is 0.0800. The zero-order chi connectivity index (χ0) is 23.7. The van der Waals surface area contributed by atoms with Crippen molar-refractivity contribution in [1.29, 1.82) is 0 Å². The van der Waals surface area contributed by atoms with Crippen LogP contribution in [-0.4, -0.2) is 34.5 Å². The third-order valence-corrected chi connectivity index (χ3v) is 6.88. The number of ether oxygens (including phenoxy) is 1. The van der Waals surface area contributed by atoms with Crippen molar-refractivity contribution in [3.05, 3.63) is 90.5 Å². The molecule has 1 aromatic carbocycles. The van der Waals surface area contributed by atoms with Gasteiger partial charge in [0, 0.05) is 42.5 Å². The van der Waals surface area contributed by atoms with E-state index in [4.69, 9.17) is 9.15 Å². The molecule has 0 fully saturated rings. The van der Waals surface area contributed by atoms with Gasteiger partial charge in [0.15, 0.2) is 11.2 Å². The summed E-state index contributed by atoms with van der Waals surface area (Å²) in [6, 6.07) is 13.8. The van der Waals surface area contributed by atoms with Crippen LogP contribution in [0.15, 0.2) is 82.6 Å². The van der Waals surface area contributed by atoms with Gasteiger partial charge < -0.3 is 9.15 Å². The summed E-state index contributed by atoms with van der Waals surface area (Å²) >= 11 is 0. The zero-order valence-corrected chi connectivity index (χ0v) is 19.2. The summed E-state index contributed by atoms with van der Waals surface area (Å²) < 4.78 is 37.8. The smallest absolute Gasteiger partial charge is 0.267 e. The Hall–Kier alpha value is -4.24. The molecule has 0 aliphatic heterocycles. The van der Waals surface area contributed by atoms with E-state index in [1.54, 1.807) is 80.3 Å². The van der Waals surface area contributed by atoms with Gasteiger partial charge in [-0.05, 0) is 54.5 Å². The maximum Gasteiger partial charge on any atom is 0.267 e. The number of aromatic nitrogens is 4. The van der Waals surface area contributed by atoms with E-state index >= 15 is 0 Å². The molecule has 0 amide bonds. The van der Waals surface area contributed by atoms with Crippen LogP contribution < -0.4 is 4.74 Å². The van der Waals surface area contributed by atoms with Gasteiger partial charge >= 0.3 is 0 Å². The van der Waals surface area contributed by atoms with Gasteiger partial charge in [0.1, 0.15) is 5.75 Å². The van der Waals surface area contributed by atoms with Crippen LogP contribution in [0.1, 0.15) is 17.1 Å². The molecule has 5 aromatic rings. The molecule has 9 heteroatoms. The number of aryl methyl sites for hydroxylation is 1. The highest BCUT2D eigenvalue weighted by atomic mass is 32.2. The second kappa shape index (κ2) is 8.60. The van der Waals surface area contributed by atoms with Crippen molar-refractivity contribution >= 4 is 33.4 Å². The van der Waals surface area contributed by atoms with Crippen molar-refractivity contribution in [3.63, 3.8) is 0 Å². The lowest BCUT2D eigenvalue weighted by atomic mass is 10.1. The Balaban J connectivity index is 1.39. The van der Waals surface area contributed by atoms with Gasteiger partial charge in [-0.15, -0.1) is 0 Å². The molecule has 0 N–H and O–H groups in total. The van der Waals surface area contributed by atoms with Crippen LogP contribution in [0.2, 0.25) is 0 Å². The minimum absolute atomic E-state index is 0.208. The molecular formula is C25H20N4O4S. The monoisotopic (exact) mass is 472 g/mol. The number of hydrogen-bond donors (Lipinski definition) is 0. The van der Waals surface area contributed by atoms with Gasteiger partial charge in [0.2, 0.25) is 5.89 Å². The fourth-order valence-corrected chi connectivity index (χ4v) is 4.69. The Kier molecular flexibility index (Phi) is 5.46. The molecule has 0 radical (unpaired) electrons. The Labute approximate surface area is 196 Å². The molecule has 0 bridgehead atoms. The summed E-state index contributed by atoms with van der Waals surface area (Å²) in [4.78, 5) is 13.2. The Morgan fingerprint density at radius 1 is 1.00 bits per heavy atom. The van der Waals surface area contributed by atoms with Crippen molar-refractivity contribution in [1.82, 2.24) is 18.9 Å². The molecule has 5 rings (SSSR count). The predicted octanol–water partition coefficient (Wildman–Crippen LogP) is 4.81. The van der Waals surface area contributed by atoms with Gasteiger partial charge in [-0.2, -0.15) is 4.98 Å². The van der Waals surface area contributed by atoms with Gasteiger partial charge in [0.05, 0.1) is 17.7 Å². The largest absolute Gasteiger partial charge is 0.497 e. The Bertz CT molecular complexity index is 1620. The zero-order valence-electron chi connectivity index (χ0n) is 18.4. The van der Waals surface area contributed by atoms with E-state index in [0.717, 1.165) is 16.7 Å². The van der Waals surface area contributed by atoms with E-state index in [9.17, 15) is 8.42 Å². The SMILES string of the molecule is COc1ccnc(/C=C/c2nc3ncc(-c4ccc(S(=O)(=O)n5ccc(C)c5)cc4)cc3o2)c1. The lowest BCUT2D eigenvalue weighted by Crippen LogP contribution is -2.10. The van der Waals surface area contributed by atoms with E-state index in [0.29, 0.717) is 28.6 Å². The molecule has 0 unspecified atom stereocenters. The van der Waals surface area contributed by atoms with Crippen molar-refractivity contribution in [2.24, 2.45) is 0 Å². The molecule has 0 aliphatic rings. The van der Waals surface area contributed by atoms with Crippen molar-refractivity contribution in [2.75, 3.05) is 7.11 Å². The highest BCUT2D eigenvalue weighted by Crippen LogP contribution is 2.26. The highest BCUT2D eigenvalue weighted by Gasteiger charge is 2.16. The maximum absolute atomic E-state index is 12.8. The first-order valence-corrected chi connectivity index (χ1v) is 11.8. The quantitative estimate of drug-likeness (QED) is 0.350. The summed E-state index contributed by atoms with van der Waals surface area (Å²) in [6.45, 7) is 1.85. The average Bonchev–Trinajstić information content (AvgIpc) is 3.48. The minimum Gasteiger partial charge on any atom is -0.497 e. The number of nitrogens with zero attached hydrogens (tertiary/aromatic N) is 4. The fourth-order valence-electron chi connectivity index (χ4n) is 3.44. The van der Waals surface area contributed by atoms with Crippen LogP contribution in [0.4, 0.5) is 0 Å². The second-order valence-corrected chi connectivity index (χ2v) is 9.44. The van der Waals surface area contributed by atoms with Gasteiger partial charge in [-0.1, -0.05) is 12.1 Å². The molecule has 0 spiro atoms. The van der Waals surface area contributed by atoms with Crippen LogP contribution in [0.25, 0.3) is 34.5 Å². The van der Waals surface area contributed by atoms with Gasteiger partial charge in [-0.25, -0.2) is 17.4 Å². The topological polar surface area (TPSA) is 100 Å². The summed E-state index contributed by atoms with van der Waals surface area (Å²) in [7, 11) is -2.03. The summed E-state index contributed by atoms with van der Waals surface area (Å²) in [5.74, 6) is 1.11. The van der Waals surface area contributed by atoms with Crippen LogP contribution in [0, 0.1) is 6.92 Å².